The molecule has 36 heavy (non-hydrogen) atoms. The summed E-state index contributed by atoms with van der Waals surface area (Å²) in [5, 5.41) is 1.02. The maximum Gasteiger partial charge on any atom is 0.219 e. The van der Waals surface area contributed by atoms with Crippen LogP contribution in [0.2, 0.25) is 10.0 Å². The van der Waals surface area contributed by atoms with Gasteiger partial charge in [0.25, 0.3) is 0 Å². The number of ether oxygens (including phenoxy) is 3. The molecule has 190 valence electrons. The zero-order valence-corrected chi connectivity index (χ0v) is 21.5. The number of imidazole rings is 1. The molecule has 0 saturated carbocycles. The van der Waals surface area contributed by atoms with Crippen molar-refractivity contribution >= 4 is 34.8 Å². The zero-order valence-electron chi connectivity index (χ0n) is 20.0. The first-order valence-electron chi connectivity index (χ1n) is 11.9. The van der Waals surface area contributed by atoms with Crippen LogP contribution in [-0.2, 0) is 26.6 Å². The van der Waals surface area contributed by atoms with Gasteiger partial charge in [-0.25, -0.2) is 4.98 Å². The van der Waals surface area contributed by atoms with Crippen molar-refractivity contribution in [3.8, 4) is 5.75 Å². The number of carbonyl (C=O) groups is 1. The predicted molar refractivity (Wildman–Crippen MR) is 138 cm³/mol. The second-order valence-electron chi connectivity index (χ2n) is 8.96. The molecular formula is C26H28Cl2N4O4. The average Bonchev–Trinajstić information content (AvgIpc) is 3.54. The van der Waals surface area contributed by atoms with Crippen LogP contribution in [0.5, 0.6) is 5.75 Å². The van der Waals surface area contributed by atoms with Crippen molar-refractivity contribution in [3.05, 3.63) is 76.8 Å². The molecule has 1 aromatic heterocycles. The van der Waals surface area contributed by atoms with Crippen LogP contribution in [0.15, 0.2) is 61.2 Å². The quantitative estimate of drug-likeness (QED) is 0.455. The van der Waals surface area contributed by atoms with Gasteiger partial charge >= 0.3 is 0 Å². The SMILES string of the molecule is CC(=O)N1CCN(c2cccc(OCC3COC(Cn4ccnc4)(c4ccc(Cl)cc4Cl)O3)c2)CC1. The molecular weight excluding hydrogens is 503 g/mol. The molecule has 2 aliphatic rings. The van der Waals surface area contributed by atoms with E-state index in [1.807, 2.05) is 39.9 Å². The second kappa shape index (κ2) is 10.7. The molecule has 2 aromatic carbocycles. The first-order chi connectivity index (χ1) is 17.4. The molecule has 1 amide bonds. The summed E-state index contributed by atoms with van der Waals surface area (Å²) in [6, 6.07) is 13.3. The van der Waals surface area contributed by atoms with Gasteiger partial charge in [-0.3, -0.25) is 4.79 Å². The van der Waals surface area contributed by atoms with Crippen LogP contribution in [0.3, 0.4) is 0 Å². The molecule has 2 aliphatic heterocycles. The summed E-state index contributed by atoms with van der Waals surface area (Å²) in [7, 11) is 0. The average molecular weight is 531 g/mol. The van der Waals surface area contributed by atoms with Gasteiger partial charge in [0.1, 0.15) is 18.5 Å². The number of piperazine rings is 1. The van der Waals surface area contributed by atoms with Gasteiger partial charge in [-0.2, -0.15) is 0 Å². The Labute approximate surface area is 220 Å². The van der Waals surface area contributed by atoms with Gasteiger partial charge in [0.15, 0.2) is 0 Å². The number of nitrogens with zero attached hydrogens (tertiary/aromatic N) is 4. The van der Waals surface area contributed by atoms with Crippen LogP contribution >= 0.6 is 23.2 Å². The number of halogens is 2. The summed E-state index contributed by atoms with van der Waals surface area (Å²) in [5.74, 6) is -0.217. The normalized spacial score (nSPS) is 22.1. The summed E-state index contributed by atoms with van der Waals surface area (Å²) in [6.07, 6.45) is 4.97. The van der Waals surface area contributed by atoms with Crippen molar-refractivity contribution in [2.24, 2.45) is 0 Å². The van der Waals surface area contributed by atoms with E-state index in [9.17, 15) is 4.79 Å². The number of aromatic nitrogens is 2. The van der Waals surface area contributed by atoms with E-state index in [4.69, 9.17) is 37.4 Å². The molecule has 0 bridgehead atoms. The van der Waals surface area contributed by atoms with E-state index in [-0.39, 0.29) is 12.0 Å². The van der Waals surface area contributed by atoms with Crippen LogP contribution < -0.4 is 9.64 Å². The Morgan fingerprint density at radius 2 is 2.00 bits per heavy atom. The van der Waals surface area contributed by atoms with Crippen LogP contribution in [0.1, 0.15) is 12.5 Å². The second-order valence-corrected chi connectivity index (χ2v) is 9.81. The maximum absolute atomic E-state index is 11.6. The van der Waals surface area contributed by atoms with Crippen molar-refractivity contribution in [2.45, 2.75) is 25.4 Å². The summed E-state index contributed by atoms with van der Waals surface area (Å²) >= 11 is 12.7. The minimum absolute atomic E-state index is 0.120. The number of benzene rings is 2. The van der Waals surface area contributed by atoms with Crippen molar-refractivity contribution in [2.75, 3.05) is 44.3 Å². The number of rotatable bonds is 7. The molecule has 2 saturated heterocycles. The minimum Gasteiger partial charge on any atom is -0.491 e. The third-order valence-electron chi connectivity index (χ3n) is 6.49. The lowest BCUT2D eigenvalue weighted by Crippen LogP contribution is -2.48. The van der Waals surface area contributed by atoms with Crippen molar-refractivity contribution < 1.29 is 19.0 Å². The molecule has 2 fully saturated rings. The van der Waals surface area contributed by atoms with Crippen LogP contribution in [0, 0.1) is 0 Å². The van der Waals surface area contributed by atoms with E-state index < -0.39 is 5.79 Å². The smallest absolute Gasteiger partial charge is 0.219 e. The highest BCUT2D eigenvalue weighted by molar-refractivity contribution is 6.35. The molecule has 0 spiro atoms. The van der Waals surface area contributed by atoms with Gasteiger partial charge in [-0.05, 0) is 24.3 Å². The topological polar surface area (TPSA) is 69.1 Å². The summed E-state index contributed by atoms with van der Waals surface area (Å²) in [6.45, 7) is 5.69. The molecule has 8 nitrogen and oxygen atoms in total. The van der Waals surface area contributed by atoms with E-state index >= 15 is 0 Å². The predicted octanol–water partition coefficient (Wildman–Crippen LogP) is 4.21. The molecule has 5 rings (SSSR count). The van der Waals surface area contributed by atoms with E-state index in [2.05, 4.69) is 16.0 Å². The number of anilines is 1. The highest BCUT2D eigenvalue weighted by atomic mass is 35.5. The summed E-state index contributed by atoms with van der Waals surface area (Å²) < 4.78 is 20.7. The minimum atomic E-state index is -1.09. The first-order valence-corrected chi connectivity index (χ1v) is 12.6. The molecule has 3 heterocycles. The van der Waals surface area contributed by atoms with Gasteiger partial charge < -0.3 is 28.6 Å². The Hall–Kier alpha value is -2.78. The van der Waals surface area contributed by atoms with Gasteiger partial charge in [0, 0.05) is 67.8 Å². The number of amides is 1. The Kier molecular flexibility index (Phi) is 7.39. The van der Waals surface area contributed by atoms with Crippen molar-refractivity contribution in [1.29, 1.82) is 0 Å². The van der Waals surface area contributed by atoms with Gasteiger partial charge in [-0.1, -0.05) is 35.3 Å². The Bertz CT molecular complexity index is 1200. The van der Waals surface area contributed by atoms with Crippen molar-refractivity contribution in [3.63, 3.8) is 0 Å². The summed E-state index contributed by atoms with van der Waals surface area (Å²) in [5.41, 5.74) is 1.78. The zero-order chi connectivity index (χ0) is 25.1. The van der Waals surface area contributed by atoms with E-state index in [1.54, 1.807) is 31.6 Å². The van der Waals surface area contributed by atoms with Crippen molar-refractivity contribution in [1.82, 2.24) is 14.5 Å². The fraction of sp³-hybridized carbons (Fsp3) is 0.385. The van der Waals surface area contributed by atoms with E-state index in [0.717, 1.165) is 37.6 Å². The lowest BCUT2D eigenvalue weighted by molar-refractivity contribution is -0.189. The largest absolute Gasteiger partial charge is 0.491 e. The molecule has 2 unspecified atom stereocenters. The van der Waals surface area contributed by atoms with Crippen LogP contribution in [-0.4, -0.2) is 65.9 Å². The van der Waals surface area contributed by atoms with E-state index in [1.165, 1.54) is 0 Å². The first kappa shape index (κ1) is 24.9. The fourth-order valence-electron chi connectivity index (χ4n) is 4.61. The third-order valence-corrected chi connectivity index (χ3v) is 7.04. The summed E-state index contributed by atoms with van der Waals surface area (Å²) in [4.78, 5) is 19.9. The Morgan fingerprint density at radius 3 is 2.72 bits per heavy atom. The fourth-order valence-corrected chi connectivity index (χ4v) is 5.17. The molecule has 10 heteroatoms. The number of hydrogen-bond acceptors (Lipinski definition) is 6. The van der Waals surface area contributed by atoms with E-state index in [0.29, 0.717) is 35.4 Å². The lowest BCUT2D eigenvalue weighted by Gasteiger charge is -2.35. The van der Waals surface area contributed by atoms with Gasteiger partial charge in [-0.15, -0.1) is 0 Å². The van der Waals surface area contributed by atoms with Crippen LogP contribution in [0.25, 0.3) is 0 Å². The standard InChI is InChI=1S/C26H28Cl2N4O4/c1-19(33)31-9-11-32(12-10-31)21-3-2-4-22(14-21)34-15-23-16-35-26(36-23,17-30-8-7-29-18-30)24-6-5-20(27)13-25(24)28/h2-8,13-14,18,23H,9-12,15-17H2,1H3. The molecule has 0 aliphatic carbocycles. The Morgan fingerprint density at radius 1 is 1.17 bits per heavy atom. The highest BCUT2D eigenvalue weighted by Crippen LogP contribution is 2.40. The maximum atomic E-state index is 11.6. The molecule has 2 atom stereocenters. The molecule has 0 radical (unpaired) electrons. The molecule has 3 aromatic rings. The van der Waals surface area contributed by atoms with Crippen LogP contribution in [0.4, 0.5) is 5.69 Å². The number of hydrogen-bond donors (Lipinski definition) is 0. The lowest BCUT2D eigenvalue weighted by atomic mass is 10.1. The third kappa shape index (κ3) is 5.47. The van der Waals surface area contributed by atoms with Gasteiger partial charge in [0.2, 0.25) is 11.7 Å². The highest BCUT2D eigenvalue weighted by Gasteiger charge is 2.45. The van der Waals surface area contributed by atoms with Gasteiger partial charge in [0.05, 0.1) is 24.5 Å². The molecule has 0 N–H and O–H groups in total. The monoisotopic (exact) mass is 530 g/mol. The Balaban J connectivity index is 1.25. The number of carbonyl (C=O) groups excluding carboxylic acids is 1.